The summed E-state index contributed by atoms with van der Waals surface area (Å²) in [6, 6.07) is 10.8. The third-order valence-corrected chi connectivity index (χ3v) is 6.09. The number of hydrogen-bond donors (Lipinski definition) is 2. The number of carbonyl (C=O) groups is 3. The summed E-state index contributed by atoms with van der Waals surface area (Å²) in [7, 11) is 0. The van der Waals surface area contributed by atoms with Crippen LogP contribution in [0.5, 0.6) is 0 Å². The van der Waals surface area contributed by atoms with Gasteiger partial charge >= 0.3 is 0 Å². The molecule has 3 aliphatic rings. The van der Waals surface area contributed by atoms with Crippen LogP contribution >= 0.6 is 0 Å². The Morgan fingerprint density at radius 1 is 1.26 bits per heavy atom. The second kappa shape index (κ2) is 7.31. The molecule has 2 bridgehead atoms. The number of aromatic nitrogens is 1. The van der Waals surface area contributed by atoms with Crippen molar-refractivity contribution in [2.75, 3.05) is 16.8 Å². The molecule has 4 heterocycles. The summed E-state index contributed by atoms with van der Waals surface area (Å²) in [6.45, 7) is 2.15. The number of nitrogens with one attached hydrogen (secondary N) is 2. The van der Waals surface area contributed by atoms with Crippen LogP contribution in [0.4, 0.5) is 11.4 Å². The molecule has 8 nitrogen and oxygen atoms in total. The molecule has 1 aromatic heterocycles. The molecule has 0 unspecified atom stereocenters. The average molecular weight is 418 g/mol. The molecule has 1 aromatic carbocycles. The van der Waals surface area contributed by atoms with E-state index >= 15 is 0 Å². The highest BCUT2D eigenvalue weighted by atomic mass is 16.5. The van der Waals surface area contributed by atoms with E-state index in [1.54, 1.807) is 41.6 Å². The third-order valence-electron chi connectivity index (χ3n) is 6.09. The normalized spacial score (nSPS) is 28.0. The summed E-state index contributed by atoms with van der Waals surface area (Å²) >= 11 is 0. The molecular weight excluding hydrogens is 396 g/mol. The number of benzene rings is 1. The molecule has 3 aliphatic heterocycles. The van der Waals surface area contributed by atoms with Crippen molar-refractivity contribution in [2.45, 2.75) is 25.2 Å². The number of anilines is 2. The first kappa shape index (κ1) is 19.4. The number of rotatable bonds is 5. The molecule has 1 spiro atoms. The molecule has 0 radical (unpaired) electrons. The highest BCUT2D eigenvalue weighted by Gasteiger charge is 2.67. The monoisotopic (exact) mass is 418 g/mol. The average Bonchev–Trinajstić information content (AvgIpc) is 3.41. The molecular formula is C23H22N4O4. The van der Waals surface area contributed by atoms with Gasteiger partial charge in [0.15, 0.2) is 0 Å². The Morgan fingerprint density at radius 3 is 2.77 bits per heavy atom. The Hall–Kier alpha value is -3.52. The lowest BCUT2D eigenvalue weighted by Crippen LogP contribution is -2.44. The van der Waals surface area contributed by atoms with Crippen molar-refractivity contribution in [1.29, 1.82) is 0 Å². The van der Waals surface area contributed by atoms with Gasteiger partial charge in [-0.1, -0.05) is 18.2 Å². The number of nitrogens with zero attached hydrogens (tertiary/aromatic N) is 2. The maximum atomic E-state index is 13.4. The minimum atomic E-state index is -0.783. The van der Waals surface area contributed by atoms with Crippen molar-refractivity contribution in [3.63, 3.8) is 0 Å². The van der Waals surface area contributed by atoms with Gasteiger partial charge in [0.1, 0.15) is 5.60 Å². The molecule has 158 valence electrons. The van der Waals surface area contributed by atoms with Gasteiger partial charge in [-0.2, -0.15) is 0 Å². The van der Waals surface area contributed by atoms with Crippen molar-refractivity contribution in [3.05, 3.63) is 66.5 Å². The van der Waals surface area contributed by atoms with Crippen molar-refractivity contribution in [1.82, 2.24) is 10.3 Å². The molecule has 2 saturated heterocycles. The minimum absolute atomic E-state index is 0.124. The zero-order chi connectivity index (χ0) is 21.6. The predicted molar refractivity (Wildman–Crippen MR) is 113 cm³/mol. The quantitative estimate of drug-likeness (QED) is 0.719. The third kappa shape index (κ3) is 3.29. The van der Waals surface area contributed by atoms with Crippen LogP contribution < -0.4 is 15.5 Å². The molecule has 2 N–H and O–H groups in total. The zero-order valence-corrected chi connectivity index (χ0v) is 16.9. The molecule has 0 aliphatic carbocycles. The van der Waals surface area contributed by atoms with Crippen LogP contribution in [-0.4, -0.2) is 41.0 Å². The lowest BCUT2D eigenvalue weighted by Gasteiger charge is -2.23. The maximum Gasteiger partial charge on any atom is 0.234 e. The summed E-state index contributed by atoms with van der Waals surface area (Å²) < 4.78 is 6.16. The van der Waals surface area contributed by atoms with E-state index in [2.05, 4.69) is 15.6 Å². The van der Waals surface area contributed by atoms with Crippen molar-refractivity contribution >= 4 is 29.1 Å². The molecule has 0 saturated carbocycles. The summed E-state index contributed by atoms with van der Waals surface area (Å²) in [4.78, 5) is 43.3. The first-order chi connectivity index (χ1) is 15.0. The van der Waals surface area contributed by atoms with Crippen LogP contribution in [0.25, 0.3) is 0 Å². The largest absolute Gasteiger partial charge is 0.360 e. The number of amides is 3. The zero-order valence-electron chi connectivity index (χ0n) is 16.9. The van der Waals surface area contributed by atoms with E-state index in [1.165, 1.54) is 6.92 Å². The Morgan fingerprint density at radius 2 is 2.06 bits per heavy atom. The van der Waals surface area contributed by atoms with E-state index in [9.17, 15) is 14.4 Å². The predicted octanol–water partition coefficient (Wildman–Crippen LogP) is 1.64. The standard InChI is InChI=1S/C23H22N4O4/c1-14(28)26-16-4-6-17(7-5-16)27-13-23-9-8-18(31-23)19(20(23)22(27)30)21(29)25-12-15-3-2-10-24-11-15/h2-11,18-20H,12-13H2,1H3,(H,25,29)(H,26,28)/t18-,19-,20+,23+/m1/s1. The summed E-state index contributed by atoms with van der Waals surface area (Å²) in [5, 5.41) is 5.64. The molecule has 2 aromatic rings. The van der Waals surface area contributed by atoms with E-state index in [-0.39, 0.29) is 17.7 Å². The van der Waals surface area contributed by atoms with Crippen molar-refractivity contribution in [3.8, 4) is 0 Å². The number of pyridine rings is 1. The van der Waals surface area contributed by atoms with Gasteiger partial charge < -0.3 is 20.3 Å². The van der Waals surface area contributed by atoms with Gasteiger partial charge in [0.25, 0.3) is 0 Å². The van der Waals surface area contributed by atoms with Crippen LogP contribution in [0.15, 0.2) is 60.9 Å². The Balaban J connectivity index is 1.34. The second-order valence-corrected chi connectivity index (χ2v) is 8.13. The minimum Gasteiger partial charge on any atom is -0.360 e. The van der Waals surface area contributed by atoms with Gasteiger partial charge in [-0.3, -0.25) is 19.4 Å². The summed E-state index contributed by atoms with van der Waals surface area (Å²) in [6.07, 6.45) is 6.80. The molecule has 31 heavy (non-hydrogen) atoms. The van der Waals surface area contributed by atoms with E-state index in [0.717, 1.165) is 5.56 Å². The van der Waals surface area contributed by atoms with Crippen LogP contribution in [0.1, 0.15) is 12.5 Å². The fourth-order valence-electron chi connectivity index (χ4n) is 4.75. The van der Waals surface area contributed by atoms with Crippen LogP contribution in [-0.2, 0) is 25.7 Å². The fourth-order valence-corrected chi connectivity index (χ4v) is 4.75. The van der Waals surface area contributed by atoms with Gasteiger partial charge in [-0.05, 0) is 35.9 Å². The van der Waals surface area contributed by atoms with Gasteiger partial charge in [-0.25, -0.2) is 0 Å². The van der Waals surface area contributed by atoms with Gasteiger partial charge in [0.05, 0.1) is 24.5 Å². The highest BCUT2D eigenvalue weighted by molar-refractivity contribution is 6.03. The maximum absolute atomic E-state index is 13.4. The van der Waals surface area contributed by atoms with E-state index in [4.69, 9.17) is 4.74 Å². The van der Waals surface area contributed by atoms with Crippen LogP contribution in [0.2, 0.25) is 0 Å². The lowest BCUT2D eigenvalue weighted by molar-refractivity contribution is -0.132. The summed E-state index contributed by atoms with van der Waals surface area (Å²) in [5.41, 5.74) is 1.47. The molecule has 4 atom stereocenters. The Kier molecular flexibility index (Phi) is 4.59. The van der Waals surface area contributed by atoms with E-state index in [1.807, 2.05) is 24.3 Å². The van der Waals surface area contributed by atoms with Crippen molar-refractivity contribution < 1.29 is 19.1 Å². The van der Waals surface area contributed by atoms with Crippen LogP contribution in [0.3, 0.4) is 0 Å². The van der Waals surface area contributed by atoms with Crippen molar-refractivity contribution in [2.24, 2.45) is 11.8 Å². The number of carbonyl (C=O) groups excluding carboxylic acids is 3. The Bertz CT molecular complexity index is 1070. The Labute approximate surface area is 179 Å². The molecule has 8 heteroatoms. The molecule has 3 amide bonds. The first-order valence-corrected chi connectivity index (χ1v) is 10.2. The smallest absolute Gasteiger partial charge is 0.234 e. The topological polar surface area (TPSA) is 101 Å². The number of ether oxygens (including phenoxy) is 1. The fraction of sp³-hybridized carbons (Fsp3) is 0.304. The lowest BCUT2D eigenvalue weighted by atomic mass is 9.77. The SMILES string of the molecule is CC(=O)Nc1ccc(N2C[C@]34C=C[C@@H](O3)[C@@H](C(=O)NCc3cccnc3)[C@H]4C2=O)cc1. The number of fused-ring (bicyclic) bond motifs is 1. The van der Waals surface area contributed by atoms with E-state index in [0.29, 0.717) is 24.5 Å². The highest BCUT2D eigenvalue weighted by Crippen LogP contribution is 2.52. The van der Waals surface area contributed by atoms with Gasteiger partial charge in [0, 0.05) is 37.2 Å². The van der Waals surface area contributed by atoms with Gasteiger partial charge in [-0.15, -0.1) is 0 Å². The first-order valence-electron chi connectivity index (χ1n) is 10.2. The number of hydrogen-bond acceptors (Lipinski definition) is 5. The van der Waals surface area contributed by atoms with Crippen LogP contribution in [0, 0.1) is 11.8 Å². The van der Waals surface area contributed by atoms with E-state index < -0.39 is 23.5 Å². The summed E-state index contributed by atoms with van der Waals surface area (Å²) in [5.74, 6) is -1.61. The second-order valence-electron chi connectivity index (χ2n) is 8.13. The molecule has 2 fully saturated rings. The van der Waals surface area contributed by atoms with Gasteiger partial charge in [0.2, 0.25) is 17.7 Å². The molecule has 5 rings (SSSR count).